The van der Waals surface area contributed by atoms with E-state index in [0.29, 0.717) is 11.8 Å². The monoisotopic (exact) mass is 407 g/mol. The molecule has 0 spiro atoms. The van der Waals surface area contributed by atoms with Gasteiger partial charge in [-0.2, -0.15) is 0 Å². The van der Waals surface area contributed by atoms with Crippen LogP contribution in [0.15, 0.2) is 53.6 Å². The minimum atomic E-state index is -0.140. The molecule has 0 aromatic carbocycles. The summed E-state index contributed by atoms with van der Waals surface area (Å²) in [6.07, 6.45) is 17.7. The third-order valence-corrected chi connectivity index (χ3v) is 7.45. The lowest BCUT2D eigenvalue weighted by Crippen LogP contribution is -2.37. The summed E-state index contributed by atoms with van der Waals surface area (Å²) in [7, 11) is 0. The molecule has 2 aromatic heterocycles. The first kappa shape index (κ1) is 18.8. The molecule has 150 valence electrons. The van der Waals surface area contributed by atoms with E-state index in [9.17, 15) is 4.79 Å². The smallest absolute Gasteiger partial charge is 0.230 e. The van der Waals surface area contributed by atoms with Gasteiger partial charge in [0.1, 0.15) is 0 Å². The lowest BCUT2D eigenvalue weighted by molar-refractivity contribution is -0.128. The van der Waals surface area contributed by atoms with Crippen LogP contribution in [0.25, 0.3) is 10.9 Å². The Balaban J connectivity index is 1.26. The highest BCUT2D eigenvalue weighted by molar-refractivity contribution is 6.29. The Labute approximate surface area is 176 Å². The Bertz CT molecular complexity index is 995. The molecule has 5 heteroatoms. The van der Waals surface area contributed by atoms with E-state index in [0.717, 1.165) is 67.6 Å². The minimum absolute atomic E-state index is 0.140. The summed E-state index contributed by atoms with van der Waals surface area (Å²) in [4.78, 5) is 21.9. The van der Waals surface area contributed by atoms with Crippen LogP contribution in [-0.4, -0.2) is 15.9 Å². The number of hydrogen-bond acceptors (Lipinski definition) is 3. The standard InChI is InChI=1S/C24H26ClN3O/c25-18-5-7-19(8-6-18)28-23(29)24(11-12-24)17-3-1-16(2-4-17)20-9-14-27-22-10-13-26-15-21(20)22/h5,7,9-10,13-17H,1-4,6,8,11-12H2,(H,28,29)/t16-,17-. The van der Waals surface area contributed by atoms with Crippen molar-refractivity contribution in [3.8, 4) is 0 Å². The quantitative estimate of drug-likeness (QED) is 0.717. The third-order valence-electron chi connectivity index (χ3n) is 7.14. The van der Waals surface area contributed by atoms with E-state index < -0.39 is 0 Å². The molecular formula is C24H26ClN3O. The van der Waals surface area contributed by atoms with E-state index in [1.807, 2.05) is 30.6 Å². The average Bonchev–Trinajstić information content (AvgIpc) is 3.57. The number of allylic oxidation sites excluding steroid dienone is 4. The number of nitrogens with zero attached hydrogens (tertiary/aromatic N) is 2. The van der Waals surface area contributed by atoms with Crippen molar-refractivity contribution >= 4 is 28.4 Å². The molecule has 0 aliphatic heterocycles. The molecule has 1 N–H and O–H groups in total. The van der Waals surface area contributed by atoms with Crippen molar-refractivity contribution in [2.45, 2.75) is 57.3 Å². The zero-order valence-corrected chi connectivity index (χ0v) is 17.3. The van der Waals surface area contributed by atoms with Gasteiger partial charge in [0.2, 0.25) is 5.91 Å². The number of nitrogens with one attached hydrogen (secondary N) is 1. The fraction of sp³-hybridized carbons (Fsp3) is 0.458. The van der Waals surface area contributed by atoms with Crippen LogP contribution in [0.1, 0.15) is 62.8 Å². The highest BCUT2D eigenvalue weighted by Crippen LogP contribution is 2.58. The van der Waals surface area contributed by atoms with Crippen molar-refractivity contribution in [3.05, 3.63) is 59.2 Å². The van der Waals surface area contributed by atoms with Gasteiger partial charge in [0.15, 0.2) is 0 Å². The lowest BCUT2D eigenvalue weighted by atomic mass is 9.71. The number of amides is 1. The molecule has 3 aliphatic carbocycles. The number of rotatable bonds is 4. The molecule has 0 saturated heterocycles. The van der Waals surface area contributed by atoms with Crippen LogP contribution in [0.5, 0.6) is 0 Å². The van der Waals surface area contributed by atoms with E-state index in [1.165, 1.54) is 10.9 Å². The highest BCUT2D eigenvalue weighted by atomic mass is 35.5. The summed E-state index contributed by atoms with van der Waals surface area (Å²) in [5.74, 6) is 1.26. The van der Waals surface area contributed by atoms with Gasteiger partial charge >= 0.3 is 0 Å². The number of hydrogen-bond donors (Lipinski definition) is 1. The van der Waals surface area contributed by atoms with Crippen molar-refractivity contribution in [1.29, 1.82) is 0 Å². The number of halogens is 1. The van der Waals surface area contributed by atoms with Gasteiger partial charge in [0.25, 0.3) is 0 Å². The predicted molar refractivity (Wildman–Crippen MR) is 115 cm³/mol. The number of fused-ring (bicyclic) bond motifs is 1. The summed E-state index contributed by atoms with van der Waals surface area (Å²) in [5, 5.41) is 5.25. The molecule has 4 nitrogen and oxygen atoms in total. The number of carbonyl (C=O) groups excluding carboxylic acids is 1. The van der Waals surface area contributed by atoms with E-state index in [1.54, 1.807) is 6.20 Å². The molecule has 3 aliphatic rings. The molecule has 29 heavy (non-hydrogen) atoms. The largest absolute Gasteiger partial charge is 0.329 e. The van der Waals surface area contributed by atoms with Crippen molar-refractivity contribution < 1.29 is 4.79 Å². The number of carbonyl (C=O) groups is 1. The Hall–Kier alpha value is -2.20. The van der Waals surface area contributed by atoms with Gasteiger partial charge in [-0.25, -0.2) is 0 Å². The minimum Gasteiger partial charge on any atom is -0.329 e. The molecule has 5 rings (SSSR count). The zero-order chi connectivity index (χ0) is 19.8. The van der Waals surface area contributed by atoms with Crippen LogP contribution >= 0.6 is 11.6 Å². The molecule has 2 aromatic rings. The predicted octanol–water partition coefficient (Wildman–Crippen LogP) is 5.60. The first-order valence-corrected chi connectivity index (χ1v) is 11.1. The summed E-state index contributed by atoms with van der Waals surface area (Å²) in [5.41, 5.74) is 3.26. The van der Waals surface area contributed by atoms with Crippen LogP contribution in [0.4, 0.5) is 0 Å². The second-order valence-corrected chi connectivity index (χ2v) is 9.24. The maximum atomic E-state index is 13.1. The fourth-order valence-electron chi connectivity index (χ4n) is 5.26. The zero-order valence-electron chi connectivity index (χ0n) is 16.5. The third kappa shape index (κ3) is 3.59. The highest BCUT2D eigenvalue weighted by Gasteiger charge is 2.55. The summed E-state index contributed by atoms with van der Waals surface area (Å²) >= 11 is 6.04. The normalized spacial score (nSPS) is 25.8. The summed E-state index contributed by atoms with van der Waals surface area (Å²) in [6, 6.07) is 4.14. The molecule has 0 bridgehead atoms. The topological polar surface area (TPSA) is 54.9 Å². The first-order valence-electron chi connectivity index (χ1n) is 10.7. The number of pyridine rings is 2. The van der Waals surface area contributed by atoms with Crippen LogP contribution in [0.2, 0.25) is 0 Å². The molecule has 2 heterocycles. The van der Waals surface area contributed by atoms with Gasteiger partial charge < -0.3 is 5.32 Å². The van der Waals surface area contributed by atoms with Gasteiger partial charge in [0, 0.05) is 34.7 Å². The second-order valence-electron chi connectivity index (χ2n) is 8.76. The van der Waals surface area contributed by atoms with E-state index in [2.05, 4.69) is 21.4 Å². The average molecular weight is 408 g/mol. The molecular weight excluding hydrogens is 382 g/mol. The second kappa shape index (κ2) is 7.56. The lowest BCUT2D eigenvalue weighted by Gasteiger charge is -2.34. The van der Waals surface area contributed by atoms with Crippen LogP contribution in [-0.2, 0) is 4.79 Å². The molecule has 2 fully saturated rings. The SMILES string of the molecule is O=C(NC1=CC=C(Cl)CC1)C1([C@H]2CC[C@H](c3ccnc4ccncc43)CC2)CC1. The van der Waals surface area contributed by atoms with E-state index >= 15 is 0 Å². The molecule has 0 radical (unpaired) electrons. The Morgan fingerprint density at radius 3 is 2.62 bits per heavy atom. The van der Waals surface area contributed by atoms with Crippen LogP contribution in [0.3, 0.4) is 0 Å². The Morgan fingerprint density at radius 2 is 1.90 bits per heavy atom. The maximum absolute atomic E-state index is 13.1. The molecule has 0 atom stereocenters. The maximum Gasteiger partial charge on any atom is 0.230 e. The molecule has 0 unspecified atom stereocenters. The fourth-order valence-corrected chi connectivity index (χ4v) is 5.42. The van der Waals surface area contributed by atoms with Gasteiger partial charge in [-0.3, -0.25) is 14.8 Å². The van der Waals surface area contributed by atoms with Crippen LogP contribution in [0, 0.1) is 11.3 Å². The van der Waals surface area contributed by atoms with Gasteiger partial charge in [-0.1, -0.05) is 11.6 Å². The van der Waals surface area contributed by atoms with Gasteiger partial charge in [-0.15, -0.1) is 0 Å². The molecule has 1 amide bonds. The van der Waals surface area contributed by atoms with Crippen molar-refractivity contribution in [2.24, 2.45) is 11.3 Å². The van der Waals surface area contributed by atoms with Crippen molar-refractivity contribution in [2.75, 3.05) is 0 Å². The Kier molecular flexibility index (Phi) is 4.91. The van der Waals surface area contributed by atoms with Gasteiger partial charge in [-0.05, 0) is 93.1 Å². The number of aromatic nitrogens is 2. The van der Waals surface area contributed by atoms with Crippen molar-refractivity contribution in [3.63, 3.8) is 0 Å². The first-order chi connectivity index (χ1) is 14.2. The summed E-state index contributed by atoms with van der Waals surface area (Å²) < 4.78 is 0. The molecule has 2 saturated carbocycles. The van der Waals surface area contributed by atoms with Crippen molar-refractivity contribution in [1.82, 2.24) is 15.3 Å². The summed E-state index contributed by atoms with van der Waals surface area (Å²) in [6.45, 7) is 0. The van der Waals surface area contributed by atoms with Crippen LogP contribution < -0.4 is 5.32 Å². The van der Waals surface area contributed by atoms with Gasteiger partial charge in [0.05, 0.1) is 10.9 Å². The Morgan fingerprint density at radius 1 is 1.07 bits per heavy atom. The van der Waals surface area contributed by atoms with E-state index in [4.69, 9.17) is 11.6 Å². The van der Waals surface area contributed by atoms with E-state index in [-0.39, 0.29) is 11.3 Å².